The molecule has 0 atom stereocenters. The Kier molecular flexibility index (Phi) is 4.09. The highest BCUT2D eigenvalue weighted by atomic mass is 15.1. The Balaban J connectivity index is 1.54. The average molecular weight is 315 g/mol. The lowest BCUT2D eigenvalue weighted by Crippen LogP contribution is -2.31. The molecule has 0 unspecified atom stereocenters. The van der Waals surface area contributed by atoms with Crippen LogP contribution in [-0.2, 0) is 19.5 Å². The highest BCUT2D eigenvalue weighted by Gasteiger charge is 2.19. The molecule has 3 nitrogen and oxygen atoms in total. The monoisotopic (exact) mass is 315 g/mol. The van der Waals surface area contributed by atoms with Gasteiger partial charge in [-0.2, -0.15) is 0 Å². The van der Waals surface area contributed by atoms with E-state index >= 15 is 0 Å². The molecule has 0 saturated heterocycles. The molecule has 0 radical (unpaired) electrons. The van der Waals surface area contributed by atoms with Crippen LogP contribution in [0.1, 0.15) is 22.4 Å². The second-order valence-corrected chi connectivity index (χ2v) is 6.48. The quantitative estimate of drug-likeness (QED) is 0.731. The van der Waals surface area contributed by atoms with Crippen molar-refractivity contribution < 1.29 is 0 Å². The van der Waals surface area contributed by atoms with Gasteiger partial charge in [0.05, 0.1) is 5.69 Å². The molecule has 0 N–H and O–H groups in total. The number of fused-ring (bicyclic) bond motifs is 1. The van der Waals surface area contributed by atoms with Crippen molar-refractivity contribution in [3.8, 4) is 11.4 Å². The van der Waals surface area contributed by atoms with Crippen molar-refractivity contribution in [1.82, 2.24) is 14.9 Å². The van der Waals surface area contributed by atoms with Crippen LogP contribution in [0.25, 0.3) is 11.4 Å². The summed E-state index contributed by atoms with van der Waals surface area (Å²) in [5, 5.41) is 0. The average Bonchev–Trinajstić information content (AvgIpc) is 2.64. The normalized spacial score (nSPS) is 14.4. The summed E-state index contributed by atoms with van der Waals surface area (Å²) in [5.41, 5.74) is 6.21. The summed E-state index contributed by atoms with van der Waals surface area (Å²) in [6.45, 7) is 5.06. The van der Waals surface area contributed by atoms with Gasteiger partial charge in [-0.3, -0.25) is 4.90 Å². The van der Waals surface area contributed by atoms with Crippen molar-refractivity contribution in [1.29, 1.82) is 0 Å². The highest BCUT2D eigenvalue weighted by molar-refractivity contribution is 5.54. The molecule has 2 heterocycles. The molecule has 0 fully saturated rings. The molecule has 0 saturated carbocycles. The molecule has 1 aliphatic heterocycles. The number of benzene rings is 2. The first-order valence-corrected chi connectivity index (χ1v) is 8.46. The van der Waals surface area contributed by atoms with Gasteiger partial charge in [-0.1, -0.05) is 60.2 Å². The number of aromatic nitrogens is 2. The number of rotatable bonds is 3. The van der Waals surface area contributed by atoms with Crippen molar-refractivity contribution in [3.63, 3.8) is 0 Å². The predicted molar refractivity (Wildman–Crippen MR) is 96.5 cm³/mol. The van der Waals surface area contributed by atoms with Crippen molar-refractivity contribution in [2.24, 2.45) is 0 Å². The van der Waals surface area contributed by atoms with E-state index in [0.717, 1.165) is 37.4 Å². The molecule has 1 aliphatic rings. The first-order valence-electron chi connectivity index (χ1n) is 8.46. The summed E-state index contributed by atoms with van der Waals surface area (Å²) in [6.07, 6.45) is 3.03. The van der Waals surface area contributed by atoms with Gasteiger partial charge < -0.3 is 0 Å². The summed E-state index contributed by atoms with van der Waals surface area (Å²) >= 11 is 0. The fourth-order valence-electron chi connectivity index (χ4n) is 3.17. The number of hydrogen-bond donors (Lipinski definition) is 0. The lowest BCUT2D eigenvalue weighted by Gasteiger charge is -2.28. The molecule has 3 aromatic rings. The second-order valence-electron chi connectivity index (χ2n) is 6.48. The Morgan fingerprint density at radius 2 is 1.79 bits per heavy atom. The van der Waals surface area contributed by atoms with Crippen LogP contribution in [0.2, 0.25) is 0 Å². The van der Waals surface area contributed by atoms with E-state index < -0.39 is 0 Å². The van der Waals surface area contributed by atoms with E-state index in [9.17, 15) is 0 Å². The molecule has 24 heavy (non-hydrogen) atoms. The van der Waals surface area contributed by atoms with Crippen LogP contribution in [0.5, 0.6) is 0 Å². The summed E-state index contributed by atoms with van der Waals surface area (Å²) in [5.74, 6) is 0.825. The summed E-state index contributed by atoms with van der Waals surface area (Å²) in [4.78, 5) is 11.9. The molecular weight excluding hydrogens is 294 g/mol. The van der Waals surface area contributed by atoms with Crippen molar-refractivity contribution in [3.05, 3.63) is 83.2 Å². The third kappa shape index (κ3) is 3.22. The Bertz CT molecular complexity index is 825. The zero-order chi connectivity index (χ0) is 16.4. The van der Waals surface area contributed by atoms with E-state index in [2.05, 4.69) is 53.2 Å². The maximum absolute atomic E-state index is 4.84. The van der Waals surface area contributed by atoms with Crippen molar-refractivity contribution >= 4 is 0 Å². The summed E-state index contributed by atoms with van der Waals surface area (Å²) in [6, 6.07) is 19.0. The summed E-state index contributed by atoms with van der Waals surface area (Å²) < 4.78 is 0. The predicted octanol–water partition coefficient (Wildman–Crippen LogP) is 4.01. The SMILES string of the molecule is Cc1ccc(CN2CCc3cnc(-c4ccccc4)nc3C2)cc1. The lowest BCUT2D eigenvalue weighted by atomic mass is 10.0. The van der Waals surface area contributed by atoms with Crippen LogP contribution >= 0.6 is 0 Å². The topological polar surface area (TPSA) is 29.0 Å². The maximum atomic E-state index is 4.84. The zero-order valence-electron chi connectivity index (χ0n) is 13.9. The first kappa shape index (κ1) is 15.0. The Hall–Kier alpha value is -2.52. The number of hydrogen-bond acceptors (Lipinski definition) is 3. The van der Waals surface area contributed by atoms with Gasteiger partial charge in [0.1, 0.15) is 0 Å². The third-order valence-electron chi connectivity index (χ3n) is 4.58. The third-order valence-corrected chi connectivity index (χ3v) is 4.58. The van der Waals surface area contributed by atoms with Gasteiger partial charge in [0.2, 0.25) is 0 Å². The van der Waals surface area contributed by atoms with Gasteiger partial charge in [0.15, 0.2) is 5.82 Å². The first-order chi connectivity index (χ1) is 11.8. The van der Waals surface area contributed by atoms with Gasteiger partial charge in [-0.15, -0.1) is 0 Å². The molecule has 4 rings (SSSR count). The fraction of sp³-hybridized carbons (Fsp3) is 0.238. The fourth-order valence-corrected chi connectivity index (χ4v) is 3.17. The van der Waals surface area contributed by atoms with Gasteiger partial charge in [-0.05, 0) is 24.5 Å². The van der Waals surface area contributed by atoms with Crippen molar-refractivity contribution in [2.45, 2.75) is 26.4 Å². The minimum atomic E-state index is 0.825. The van der Waals surface area contributed by atoms with Gasteiger partial charge >= 0.3 is 0 Å². The van der Waals surface area contributed by atoms with Crippen LogP contribution in [0.15, 0.2) is 60.8 Å². The van der Waals surface area contributed by atoms with Crippen LogP contribution < -0.4 is 0 Å². The molecule has 0 amide bonds. The van der Waals surface area contributed by atoms with Crippen LogP contribution in [0.4, 0.5) is 0 Å². The molecule has 0 aliphatic carbocycles. The number of nitrogens with zero attached hydrogens (tertiary/aromatic N) is 3. The van der Waals surface area contributed by atoms with E-state index in [1.54, 1.807) is 0 Å². The molecule has 0 bridgehead atoms. The standard InChI is InChI=1S/C21H21N3/c1-16-7-9-17(10-8-16)14-24-12-11-19-13-22-21(23-20(19)15-24)18-5-3-2-4-6-18/h2-10,13H,11-12,14-15H2,1H3. The number of aryl methyl sites for hydroxylation is 1. The van der Waals surface area contributed by atoms with E-state index in [-0.39, 0.29) is 0 Å². The maximum Gasteiger partial charge on any atom is 0.159 e. The van der Waals surface area contributed by atoms with Gasteiger partial charge in [0.25, 0.3) is 0 Å². The lowest BCUT2D eigenvalue weighted by molar-refractivity contribution is 0.241. The molecule has 120 valence electrons. The van der Waals surface area contributed by atoms with E-state index in [1.807, 2.05) is 24.4 Å². The minimum absolute atomic E-state index is 0.825. The molecule has 3 heteroatoms. The minimum Gasteiger partial charge on any atom is -0.293 e. The van der Waals surface area contributed by atoms with E-state index in [0.29, 0.717) is 0 Å². The molecular formula is C21H21N3. The zero-order valence-corrected chi connectivity index (χ0v) is 13.9. The second kappa shape index (κ2) is 6.54. The smallest absolute Gasteiger partial charge is 0.159 e. The van der Waals surface area contributed by atoms with Crippen LogP contribution in [-0.4, -0.2) is 21.4 Å². The largest absolute Gasteiger partial charge is 0.293 e. The van der Waals surface area contributed by atoms with Gasteiger partial charge in [0, 0.05) is 31.4 Å². The highest BCUT2D eigenvalue weighted by Crippen LogP contribution is 2.22. The summed E-state index contributed by atoms with van der Waals surface area (Å²) in [7, 11) is 0. The van der Waals surface area contributed by atoms with Crippen LogP contribution in [0, 0.1) is 6.92 Å². The Morgan fingerprint density at radius 3 is 2.58 bits per heavy atom. The Morgan fingerprint density at radius 1 is 1.00 bits per heavy atom. The molecule has 1 aromatic heterocycles. The van der Waals surface area contributed by atoms with E-state index in [1.165, 1.54) is 22.4 Å². The Labute approximate surface area is 143 Å². The van der Waals surface area contributed by atoms with Gasteiger partial charge in [-0.25, -0.2) is 9.97 Å². The molecule has 0 spiro atoms. The van der Waals surface area contributed by atoms with E-state index in [4.69, 9.17) is 4.98 Å². The molecule has 2 aromatic carbocycles. The van der Waals surface area contributed by atoms with Crippen molar-refractivity contribution in [2.75, 3.05) is 6.54 Å². The van der Waals surface area contributed by atoms with Crippen LogP contribution in [0.3, 0.4) is 0 Å².